The standard InChI is InChI=1S/C16H17ClN2O.ClH/c17-14-8-9-15(18-16(14)20)12-4-6-13(7-5-12)19-10-2-1-3-11-19;/h4-9H,1-3,10-11H2,(H,18,20);1H. The largest absolute Gasteiger partial charge is 0.372 e. The monoisotopic (exact) mass is 324 g/mol. The average Bonchev–Trinajstić information content (AvgIpc) is 2.51. The van der Waals surface area contributed by atoms with Gasteiger partial charge < -0.3 is 9.88 Å². The predicted octanol–water partition coefficient (Wildman–Crippen LogP) is 4.11. The summed E-state index contributed by atoms with van der Waals surface area (Å²) in [6.45, 7) is 2.27. The minimum Gasteiger partial charge on any atom is -0.372 e. The Balaban J connectivity index is 0.00000161. The van der Waals surface area contributed by atoms with Crippen LogP contribution in [0.2, 0.25) is 5.02 Å². The van der Waals surface area contributed by atoms with Crippen molar-refractivity contribution in [1.29, 1.82) is 0 Å². The number of benzene rings is 1. The van der Waals surface area contributed by atoms with Gasteiger partial charge in [-0.25, -0.2) is 0 Å². The highest BCUT2D eigenvalue weighted by Crippen LogP contribution is 2.24. The van der Waals surface area contributed by atoms with E-state index >= 15 is 0 Å². The van der Waals surface area contributed by atoms with E-state index in [1.54, 1.807) is 6.07 Å². The van der Waals surface area contributed by atoms with Gasteiger partial charge in [-0.1, -0.05) is 23.7 Å². The smallest absolute Gasteiger partial charge is 0.267 e. The molecule has 0 unspecified atom stereocenters. The number of aromatic nitrogens is 1. The molecule has 112 valence electrons. The number of hydrogen-bond acceptors (Lipinski definition) is 2. The van der Waals surface area contributed by atoms with Crippen LogP contribution in [0.3, 0.4) is 0 Å². The highest BCUT2D eigenvalue weighted by Gasteiger charge is 2.10. The Morgan fingerprint density at radius 2 is 1.62 bits per heavy atom. The van der Waals surface area contributed by atoms with Crippen molar-refractivity contribution in [3.05, 3.63) is 51.8 Å². The number of nitrogens with zero attached hydrogens (tertiary/aromatic N) is 1. The Kier molecular flexibility index (Phi) is 5.32. The normalized spacial score (nSPS) is 14.6. The highest BCUT2D eigenvalue weighted by atomic mass is 35.5. The average molecular weight is 325 g/mol. The van der Waals surface area contributed by atoms with Gasteiger partial charge in [-0.3, -0.25) is 4.79 Å². The van der Waals surface area contributed by atoms with Crippen molar-refractivity contribution in [1.82, 2.24) is 4.98 Å². The van der Waals surface area contributed by atoms with Crippen LogP contribution in [0.1, 0.15) is 19.3 Å². The number of rotatable bonds is 2. The molecule has 1 aromatic carbocycles. The lowest BCUT2D eigenvalue weighted by Crippen LogP contribution is -2.29. The Hall–Kier alpha value is -1.45. The molecule has 3 rings (SSSR count). The summed E-state index contributed by atoms with van der Waals surface area (Å²) in [6.07, 6.45) is 3.87. The first-order valence-corrected chi connectivity index (χ1v) is 7.36. The van der Waals surface area contributed by atoms with Crippen molar-refractivity contribution in [2.75, 3.05) is 18.0 Å². The molecule has 0 atom stereocenters. The maximum absolute atomic E-state index is 11.5. The van der Waals surface area contributed by atoms with E-state index in [-0.39, 0.29) is 23.0 Å². The molecule has 5 heteroatoms. The summed E-state index contributed by atoms with van der Waals surface area (Å²) in [4.78, 5) is 16.7. The fourth-order valence-electron chi connectivity index (χ4n) is 2.63. The van der Waals surface area contributed by atoms with E-state index in [2.05, 4.69) is 22.0 Å². The number of H-pyrrole nitrogens is 1. The zero-order chi connectivity index (χ0) is 13.9. The Labute approximate surface area is 135 Å². The van der Waals surface area contributed by atoms with Crippen LogP contribution in [0.4, 0.5) is 5.69 Å². The summed E-state index contributed by atoms with van der Waals surface area (Å²) in [5, 5.41) is 0.221. The van der Waals surface area contributed by atoms with Crippen LogP contribution in [0.25, 0.3) is 11.3 Å². The van der Waals surface area contributed by atoms with Crippen LogP contribution in [0, 0.1) is 0 Å². The van der Waals surface area contributed by atoms with Crippen molar-refractivity contribution < 1.29 is 0 Å². The topological polar surface area (TPSA) is 36.1 Å². The van der Waals surface area contributed by atoms with Crippen LogP contribution in [-0.2, 0) is 0 Å². The van der Waals surface area contributed by atoms with E-state index in [4.69, 9.17) is 11.6 Å². The second-order valence-electron chi connectivity index (χ2n) is 5.14. The number of hydrogen-bond donors (Lipinski definition) is 1. The lowest BCUT2D eigenvalue weighted by molar-refractivity contribution is 0.578. The van der Waals surface area contributed by atoms with Gasteiger partial charge in [0.15, 0.2) is 0 Å². The quantitative estimate of drug-likeness (QED) is 0.902. The van der Waals surface area contributed by atoms with Crippen molar-refractivity contribution >= 4 is 29.7 Å². The number of anilines is 1. The molecule has 3 nitrogen and oxygen atoms in total. The summed E-state index contributed by atoms with van der Waals surface area (Å²) < 4.78 is 0. The Bertz CT molecular complexity index is 646. The van der Waals surface area contributed by atoms with Crippen LogP contribution in [0.5, 0.6) is 0 Å². The lowest BCUT2D eigenvalue weighted by atomic mass is 10.1. The minimum atomic E-state index is -0.246. The van der Waals surface area contributed by atoms with Crippen molar-refractivity contribution in [3.8, 4) is 11.3 Å². The molecule has 1 aliphatic heterocycles. The molecule has 1 fully saturated rings. The maximum Gasteiger partial charge on any atom is 0.267 e. The Morgan fingerprint density at radius 3 is 2.24 bits per heavy atom. The number of aromatic amines is 1. The fourth-order valence-corrected chi connectivity index (χ4v) is 2.74. The number of halogens is 2. The van der Waals surface area contributed by atoms with Crippen LogP contribution < -0.4 is 10.5 Å². The van der Waals surface area contributed by atoms with Gasteiger partial charge in [0.05, 0.1) is 0 Å². The molecule has 0 bridgehead atoms. The first-order chi connectivity index (χ1) is 9.74. The van der Waals surface area contributed by atoms with Crippen LogP contribution >= 0.6 is 24.0 Å². The SMILES string of the molecule is Cl.O=c1[nH]c(-c2ccc(N3CCCCC3)cc2)ccc1Cl. The zero-order valence-electron chi connectivity index (χ0n) is 11.6. The van der Waals surface area contributed by atoms with Gasteiger partial charge in [0.1, 0.15) is 5.02 Å². The van der Waals surface area contributed by atoms with E-state index in [1.165, 1.54) is 24.9 Å². The molecule has 1 N–H and O–H groups in total. The van der Waals surface area contributed by atoms with Crippen LogP contribution in [0.15, 0.2) is 41.2 Å². The molecule has 0 amide bonds. The molecule has 21 heavy (non-hydrogen) atoms. The molecule has 2 aromatic rings. The van der Waals surface area contributed by atoms with Gasteiger partial charge in [-0.15, -0.1) is 12.4 Å². The zero-order valence-corrected chi connectivity index (χ0v) is 13.2. The molecule has 0 spiro atoms. The predicted molar refractivity (Wildman–Crippen MR) is 90.8 cm³/mol. The molecule has 2 heterocycles. The van der Waals surface area contributed by atoms with E-state index in [0.29, 0.717) is 0 Å². The summed E-state index contributed by atoms with van der Waals surface area (Å²) >= 11 is 5.74. The lowest BCUT2D eigenvalue weighted by Gasteiger charge is -2.28. The van der Waals surface area contributed by atoms with Gasteiger partial charge >= 0.3 is 0 Å². The second-order valence-corrected chi connectivity index (χ2v) is 5.55. The first kappa shape index (κ1) is 15.9. The summed E-state index contributed by atoms with van der Waals surface area (Å²) in [5.74, 6) is 0. The van der Waals surface area contributed by atoms with Crippen molar-refractivity contribution in [2.45, 2.75) is 19.3 Å². The van der Waals surface area contributed by atoms with E-state index in [1.807, 2.05) is 18.2 Å². The number of pyridine rings is 1. The summed E-state index contributed by atoms with van der Waals surface area (Å²) in [6, 6.07) is 11.8. The molecular weight excluding hydrogens is 307 g/mol. The van der Waals surface area contributed by atoms with E-state index in [0.717, 1.165) is 24.3 Å². The third-order valence-corrected chi connectivity index (χ3v) is 4.06. The van der Waals surface area contributed by atoms with Gasteiger partial charge in [-0.2, -0.15) is 0 Å². The van der Waals surface area contributed by atoms with Crippen LogP contribution in [-0.4, -0.2) is 18.1 Å². The fraction of sp³-hybridized carbons (Fsp3) is 0.312. The Morgan fingerprint density at radius 1 is 0.952 bits per heavy atom. The van der Waals surface area contributed by atoms with Crippen molar-refractivity contribution in [3.63, 3.8) is 0 Å². The van der Waals surface area contributed by atoms with Gasteiger partial charge in [0, 0.05) is 24.5 Å². The molecule has 0 aliphatic carbocycles. The third-order valence-electron chi connectivity index (χ3n) is 3.76. The number of nitrogens with one attached hydrogen (secondary N) is 1. The molecule has 1 aliphatic rings. The van der Waals surface area contributed by atoms with Gasteiger partial charge in [0.25, 0.3) is 5.56 Å². The third kappa shape index (κ3) is 3.60. The first-order valence-electron chi connectivity index (χ1n) is 6.98. The summed E-state index contributed by atoms with van der Waals surface area (Å²) in [7, 11) is 0. The van der Waals surface area contributed by atoms with Gasteiger partial charge in [-0.05, 0) is 49.1 Å². The maximum atomic E-state index is 11.5. The minimum absolute atomic E-state index is 0. The molecule has 1 saturated heterocycles. The van der Waals surface area contributed by atoms with Crippen molar-refractivity contribution in [2.24, 2.45) is 0 Å². The second kappa shape index (κ2) is 7.01. The molecule has 0 saturated carbocycles. The molecule has 0 radical (unpaired) electrons. The molecule has 1 aromatic heterocycles. The van der Waals surface area contributed by atoms with E-state index < -0.39 is 0 Å². The van der Waals surface area contributed by atoms with Gasteiger partial charge in [0.2, 0.25) is 0 Å². The van der Waals surface area contributed by atoms with E-state index in [9.17, 15) is 4.79 Å². The summed E-state index contributed by atoms with van der Waals surface area (Å²) in [5.41, 5.74) is 2.80. The molecular formula is C16H18Cl2N2O. The number of piperidine rings is 1. The highest BCUT2D eigenvalue weighted by molar-refractivity contribution is 6.30.